The number of fused-ring (bicyclic) bond motifs is 1. The van der Waals surface area contributed by atoms with Crippen LogP contribution in [0.2, 0.25) is 5.02 Å². The Morgan fingerprint density at radius 3 is 2.52 bits per heavy atom. The van der Waals surface area contributed by atoms with E-state index in [0.29, 0.717) is 6.54 Å². The molecule has 0 aliphatic heterocycles. The van der Waals surface area contributed by atoms with Crippen LogP contribution in [0.1, 0.15) is 20.8 Å². The van der Waals surface area contributed by atoms with E-state index >= 15 is 0 Å². The summed E-state index contributed by atoms with van der Waals surface area (Å²) in [5.41, 5.74) is -0.460. The van der Waals surface area contributed by atoms with Gasteiger partial charge in [-0.15, -0.1) is 11.8 Å². The van der Waals surface area contributed by atoms with Crippen molar-refractivity contribution in [1.29, 1.82) is 0 Å². The number of carbonyl (C=O) groups excluding carboxylic acids is 1. The Balaban J connectivity index is 1.89. The third kappa shape index (κ3) is 5.63. The highest BCUT2D eigenvalue weighted by molar-refractivity contribution is 7.99. The van der Waals surface area contributed by atoms with Crippen LogP contribution < -0.4 is 0 Å². The Morgan fingerprint density at radius 2 is 1.83 bits per heavy atom. The fourth-order valence-corrected chi connectivity index (χ4v) is 3.17. The average Bonchev–Trinajstić information content (AvgIpc) is 2.45. The number of hydrogen-bond acceptors (Lipinski definition) is 3. The van der Waals surface area contributed by atoms with Crippen LogP contribution in [0.15, 0.2) is 41.3 Å². The minimum atomic E-state index is -0.460. The first kappa shape index (κ1) is 18.0. The highest BCUT2D eigenvalue weighted by Crippen LogP contribution is 2.25. The molecule has 0 aliphatic carbocycles. The van der Waals surface area contributed by atoms with E-state index in [1.165, 1.54) is 10.3 Å². The molecule has 0 saturated carbocycles. The molecule has 0 unspecified atom stereocenters. The first-order valence-corrected chi connectivity index (χ1v) is 8.87. The summed E-state index contributed by atoms with van der Waals surface area (Å²) in [7, 11) is 1.76. The summed E-state index contributed by atoms with van der Waals surface area (Å²) in [6.45, 7) is 6.25. The molecule has 0 saturated heterocycles. The fraction of sp³-hybridized carbons (Fsp3) is 0.389. The summed E-state index contributed by atoms with van der Waals surface area (Å²) in [4.78, 5) is 14.7. The molecule has 23 heavy (non-hydrogen) atoms. The number of hydrogen-bond donors (Lipinski definition) is 0. The van der Waals surface area contributed by atoms with Crippen LogP contribution in [-0.4, -0.2) is 35.9 Å². The largest absolute Gasteiger partial charge is 0.444 e. The number of halogens is 1. The molecule has 5 heteroatoms. The van der Waals surface area contributed by atoms with Gasteiger partial charge in [0.2, 0.25) is 0 Å². The van der Waals surface area contributed by atoms with E-state index in [-0.39, 0.29) is 6.09 Å². The maximum Gasteiger partial charge on any atom is 0.410 e. The van der Waals surface area contributed by atoms with Crippen LogP contribution >= 0.6 is 23.4 Å². The van der Waals surface area contributed by atoms with E-state index < -0.39 is 5.60 Å². The van der Waals surface area contributed by atoms with Crippen molar-refractivity contribution in [1.82, 2.24) is 4.90 Å². The van der Waals surface area contributed by atoms with E-state index in [1.807, 2.05) is 39.0 Å². The van der Waals surface area contributed by atoms with E-state index in [9.17, 15) is 4.79 Å². The zero-order chi connectivity index (χ0) is 17.0. The Labute approximate surface area is 146 Å². The van der Waals surface area contributed by atoms with Gasteiger partial charge in [-0.05, 0) is 55.8 Å². The first-order valence-electron chi connectivity index (χ1n) is 7.51. The van der Waals surface area contributed by atoms with Crippen molar-refractivity contribution in [2.45, 2.75) is 31.3 Å². The summed E-state index contributed by atoms with van der Waals surface area (Å²) in [5.74, 6) is 0.814. The van der Waals surface area contributed by atoms with Gasteiger partial charge in [0.1, 0.15) is 5.60 Å². The predicted molar refractivity (Wildman–Crippen MR) is 98.5 cm³/mol. The Hall–Kier alpha value is -1.39. The number of amides is 1. The van der Waals surface area contributed by atoms with Crippen molar-refractivity contribution in [3.63, 3.8) is 0 Å². The van der Waals surface area contributed by atoms with Gasteiger partial charge in [-0.25, -0.2) is 4.79 Å². The number of rotatable bonds is 4. The Kier molecular flexibility index (Phi) is 5.82. The monoisotopic (exact) mass is 351 g/mol. The highest BCUT2D eigenvalue weighted by atomic mass is 35.5. The second-order valence-corrected chi connectivity index (χ2v) is 8.01. The van der Waals surface area contributed by atoms with Crippen LogP contribution in [0.3, 0.4) is 0 Å². The minimum absolute atomic E-state index is 0.286. The van der Waals surface area contributed by atoms with Gasteiger partial charge in [0.15, 0.2) is 0 Å². The molecule has 2 rings (SSSR count). The summed E-state index contributed by atoms with van der Waals surface area (Å²) in [6.07, 6.45) is -0.286. The van der Waals surface area contributed by atoms with Crippen molar-refractivity contribution < 1.29 is 9.53 Å². The van der Waals surface area contributed by atoms with Crippen LogP contribution in [0.25, 0.3) is 10.8 Å². The molecule has 0 bridgehead atoms. The molecule has 0 atom stereocenters. The lowest BCUT2D eigenvalue weighted by Crippen LogP contribution is -2.35. The number of ether oxygens (including phenoxy) is 1. The van der Waals surface area contributed by atoms with Gasteiger partial charge in [0.05, 0.1) is 0 Å². The third-order valence-corrected chi connectivity index (χ3v) is 4.38. The molecule has 0 N–H and O–H groups in total. The van der Waals surface area contributed by atoms with Gasteiger partial charge >= 0.3 is 6.09 Å². The first-order chi connectivity index (χ1) is 10.7. The molecule has 0 spiro atoms. The lowest BCUT2D eigenvalue weighted by Gasteiger charge is -2.24. The maximum absolute atomic E-state index is 11.9. The smallest absolute Gasteiger partial charge is 0.410 e. The standard InChI is InChI=1S/C18H22ClNO2S/c1-18(2,3)22-17(21)20(4)9-10-23-16-8-6-13-11-15(19)7-5-14(13)12-16/h5-8,11-12H,9-10H2,1-4H3. The van der Waals surface area contributed by atoms with Gasteiger partial charge in [-0.2, -0.15) is 0 Å². The third-order valence-electron chi connectivity index (χ3n) is 3.17. The normalized spacial score (nSPS) is 11.5. The second-order valence-electron chi connectivity index (χ2n) is 6.40. The number of carbonyl (C=O) groups is 1. The van der Waals surface area contributed by atoms with Crippen molar-refractivity contribution in [3.05, 3.63) is 41.4 Å². The summed E-state index contributed by atoms with van der Waals surface area (Å²) < 4.78 is 5.34. The molecule has 1 amide bonds. The van der Waals surface area contributed by atoms with Crippen molar-refractivity contribution in [3.8, 4) is 0 Å². The van der Waals surface area contributed by atoms with Gasteiger partial charge < -0.3 is 9.64 Å². The summed E-state index contributed by atoms with van der Waals surface area (Å²) >= 11 is 7.72. The van der Waals surface area contributed by atoms with E-state index in [2.05, 4.69) is 18.2 Å². The summed E-state index contributed by atoms with van der Waals surface area (Å²) in [6, 6.07) is 12.2. The van der Waals surface area contributed by atoms with Gasteiger partial charge in [-0.3, -0.25) is 0 Å². The van der Waals surface area contributed by atoms with Crippen molar-refractivity contribution >= 4 is 40.2 Å². The Morgan fingerprint density at radius 1 is 1.17 bits per heavy atom. The molecule has 0 heterocycles. The SMILES string of the molecule is CN(CCSc1ccc2cc(Cl)ccc2c1)C(=O)OC(C)(C)C. The minimum Gasteiger partial charge on any atom is -0.444 e. The molecule has 0 aliphatic rings. The molecule has 124 valence electrons. The van der Waals surface area contributed by atoms with E-state index in [0.717, 1.165) is 16.2 Å². The zero-order valence-electron chi connectivity index (χ0n) is 13.9. The molecule has 3 nitrogen and oxygen atoms in total. The number of thioether (sulfide) groups is 1. The molecular formula is C18H22ClNO2S. The number of nitrogens with zero attached hydrogens (tertiary/aromatic N) is 1. The maximum atomic E-state index is 11.9. The topological polar surface area (TPSA) is 29.5 Å². The Bertz CT molecular complexity index is 697. The molecular weight excluding hydrogens is 330 g/mol. The van der Waals surface area contributed by atoms with Crippen molar-refractivity contribution in [2.24, 2.45) is 0 Å². The molecule has 2 aromatic rings. The van der Waals surface area contributed by atoms with Gasteiger partial charge in [0.25, 0.3) is 0 Å². The quantitative estimate of drug-likeness (QED) is 0.686. The second kappa shape index (κ2) is 7.45. The van der Waals surface area contributed by atoms with E-state index in [4.69, 9.17) is 16.3 Å². The summed E-state index contributed by atoms with van der Waals surface area (Å²) in [5, 5.41) is 3.05. The van der Waals surface area contributed by atoms with Crippen LogP contribution in [0.5, 0.6) is 0 Å². The van der Waals surface area contributed by atoms with Crippen LogP contribution in [-0.2, 0) is 4.74 Å². The average molecular weight is 352 g/mol. The molecule has 0 radical (unpaired) electrons. The molecule has 0 aromatic heterocycles. The van der Waals surface area contributed by atoms with E-state index in [1.54, 1.807) is 23.7 Å². The van der Waals surface area contributed by atoms with Gasteiger partial charge in [0, 0.05) is 29.3 Å². The highest BCUT2D eigenvalue weighted by Gasteiger charge is 2.19. The zero-order valence-corrected chi connectivity index (χ0v) is 15.5. The molecule has 0 fully saturated rings. The predicted octanol–water partition coefficient (Wildman–Crippen LogP) is 5.45. The van der Waals surface area contributed by atoms with Gasteiger partial charge in [-0.1, -0.05) is 23.7 Å². The van der Waals surface area contributed by atoms with Crippen LogP contribution in [0, 0.1) is 0 Å². The number of benzene rings is 2. The molecule has 2 aromatic carbocycles. The lowest BCUT2D eigenvalue weighted by atomic mass is 10.1. The lowest BCUT2D eigenvalue weighted by molar-refractivity contribution is 0.0309. The fourth-order valence-electron chi connectivity index (χ4n) is 2.02. The van der Waals surface area contributed by atoms with Crippen LogP contribution in [0.4, 0.5) is 4.79 Å². The van der Waals surface area contributed by atoms with Crippen molar-refractivity contribution in [2.75, 3.05) is 19.3 Å².